The Morgan fingerprint density at radius 1 is 1.35 bits per heavy atom. The minimum absolute atomic E-state index is 0.217. The van der Waals surface area contributed by atoms with Gasteiger partial charge in [-0.25, -0.2) is 0 Å². The molecular weight excluding hydrogens is 212 g/mol. The number of hydrogen-bond acceptors (Lipinski definition) is 3. The molecule has 3 nitrogen and oxygen atoms in total. The zero-order valence-corrected chi connectivity index (χ0v) is 11.5. The highest BCUT2D eigenvalue weighted by Gasteiger charge is 2.32. The summed E-state index contributed by atoms with van der Waals surface area (Å²) in [5.74, 6) is 0. The molecule has 1 rings (SSSR count). The van der Waals surface area contributed by atoms with Gasteiger partial charge in [0.05, 0.1) is 17.1 Å². The van der Waals surface area contributed by atoms with Crippen molar-refractivity contribution in [3.63, 3.8) is 0 Å². The van der Waals surface area contributed by atoms with Gasteiger partial charge in [-0.3, -0.25) is 0 Å². The highest BCUT2D eigenvalue weighted by Crippen LogP contribution is 2.30. The molecule has 1 aliphatic carbocycles. The Bertz CT molecular complexity index is 274. The molecule has 0 aromatic rings. The summed E-state index contributed by atoms with van der Waals surface area (Å²) in [6.45, 7) is 5.71. The molecule has 0 bridgehead atoms. The lowest BCUT2D eigenvalue weighted by Gasteiger charge is -2.29. The number of nitrogens with zero attached hydrogens (tertiary/aromatic N) is 2. The van der Waals surface area contributed by atoms with E-state index in [1.807, 2.05) is 13.8 Å². The molecule has 1 N–H and O–H groups in total. The van der Waals surface area contributed by atoms with E-state index in [1.54, 1.807) is 0 Å². The van der Waals surface area contributed by atoms with Crippen molar-refractivity contribution in [3.8, 4) is 6.07 Å². The first-order chi connectivity index (χ1) is 7.87. The van der Waals surface area contributed by atoms with E-state index in [-0.39, 0.29) is 5.41 Å². The molecule has 1 aliphatic rings. The number of nitriles is 1. The first-order valence-corrected chi connectivity index (χ1v) is 6.69. The van der Waals surface area contributed by atoms with Gasteiger partial charge in [0.25, 0.3) is 0 Å². The van der Waals surface area contributed by atoms with Gasteiger partial charge in [0, 0.05) is 6.54 Å². The number of rotatable bonds is 6. The van der Waals surface area contributed by atoms with E-state index in [2.05, 4.69) is 18.0 Å². The van der Waals surface area contributed by atoms with Gasteiger partial charge in [-0.05, 0) is 53.1 Å². The van der Waals surface area contributed by atoms with Crippen LogP contribution in [0.5, 0.6) is 0 Å². The molecule has 0 spiro atoms. The highest BCUT2D eigenvalue weighted by atomic mass is 16.3. The van der Waals surface area contributed by atoms with E-state index in [4.69, 9.17) is 5.26 Å². The lowest BCUT2D eigenvalue weighted by Crippen LogP contribution is -2.39. The minimum atomic E-state index is -0.445. The van der Waals surface area contributed by atoms with Crippen LogP contribution in [-0.4, -0.2) is 35.7 Å². The number of hydrogen-bond donors (Lipinski definition) is 1. The first-order valence-electron chi connectivity index (χ1n) is 6.69. The van der Waals surface area contributed by atoms with Crippen LogP contribution in [0, 0.1) is 16.7 Å². The van der Waals surface area contributed by atoms with Crippen LogP contribution in [0.15, 0.2) is 0 Å². The third kappa shape index (κ3) is 5.06. The summed E-state index contributed by atoms with van der Waals surface area (Å²) in [4.78, 5) is 2.21. The second-order valence-corrected chi connectivity index (χ2v) is 6.27. The van der Waals surface area contributed by atoms with Crippen LogP contribution in [-0.2, 0) is 0 Å². The summed E-state index contributed by atoms with van der Waals surface area (Å²) in [5, 5.41) is 19.2. The second kappa shape index (κ2) is 5.84. The van der Waals surface area contributed by atoms with Gasteiger partial charge < -0.3 is 10.0 Å². The van der Waals surface area contributed by atoms with Crippen molar-refractivity contribution in [1.29, 1.82) is 5.26 Å². The Morgan fingerprint density at radius 2 is 1.94 bits per heavy atom. The third-order valence-corrected chi connectivity index (χ3v) is 3.74. The smallest absolute Gasteiger partial charge is 0.0774 e. The van der Waals surface area contributed by atoms with Crippen LogP contribution in [0.3, 0.4) is 0 Å². The Labute approximate surface area is 105 Å². The number of aliphatic hydroxyl groups is 1. The summed E-state index contributed by atoms with van der Waals surface area (Å²) >= 11 is 0. The molecule has 0 aromatic carbocycles. The molecule has 0 heterocycles. The summed E-state index contributed by atoms with van der Waals surface area (Å²) < 4.78 is 0. The first kappa shape index (κ1) is 14.5. The molecule has 0 amide bonds. The zero-order valence-electron chi connectivity index (χ0n) is 11.5. The third-order valence-electron chi connectivity index (χ3n) is 3.74. The van der Waals surface area contributed by atoms with Crippen molar-refractivity contribution >= 4 is 0 Å². The summed E-state index contributed by atoms with van der Waals surface area (Å²) in [7, 11) is 2.07. The molecule has 0 unspecified atom stereocenters. The van der Waals surface area contributed by atoms with E-state index >= 15 is 0 Å². The Morgan fingerprint density at radius 3 is 2.47 bits per heavy atom. The molecule has 3 heteroatoms. The van der Waals surface area contributed by atoms with Crippen LogP contribution < -0.4 is 0 Å². The normalized spacial score (nSPS) is 19.5. The molecule has 98 valence electrons. The van der Waals surface area contributed by atoms with E-state index in [0.717, 1.165) is 51.6 Å². The fourth-order valence-electron chi connectivity index (χ4n) is 2.62. The largest absolute Gasteiger partial charge is 0.389 e. The quantitative estimate of drug-likeness (QED) is 0.773. The number of likely N-dealkylation sites (N-methyl/N-ethyl adjacent to an activating group) is 1. The molecule has 0 atom stereocenters. The van der Waals surface area contributed by atoms with Crippen molar-refractivity contribution < 1.29 is 5.11 Å². The Hall–Kier alpha value is -0.590. The van der Waals surface area contributed by atoms with Crippen molar-refractivity contribution in [2.75, 3.05) is 20.1 Å². The summed E-state index contributed by atoms with van der Waals surface area (Å²) in [6, 6.07) is 2.33. The van der Waals surface area contributed by atoms with Crippen LogP contribution in [0.25, 0.3) is 0 Å². The van der Waals surface area contributed by atoms with Gasteiger partial charge in [0.2, 0.25) is 0 Å². The van der Waals surface area contributed by atoms with Crippen LogP contribution in [0.2, 0.25) is 0 Å². The van der Waals surface area contributed by atoms with E-state index in [9.17, 15) is 5.11 Å². The van der Waals surface area contributed by atoms with E-state index in [0.29, 0.717) is 0 Å². The van der Waals surface area contributed by atoms with Gasteiger partial charge in [-0.1, -0.05) is 12.8 Å². The molecule has 0 aliphatic heterocycles. The average molecular weight is 238 g/mol. The molecule has 1 fully saturated rings. The summed E-state index contributed by atoms with van der Waals surface area (Å²) in [6.07, 6.45) is 6.15. The van der Waals surface area contributed by atoms with Gasteiger partial charge in [0.1, 0.15) is 0 Å². The maximum atomic E-state index is 10.3. The molecular formula is C14H26N2O. The molecule has 1 saturated carbocycles. The van der Waals surface area contributed by atoms with Gasteiger partial charge >= 0.3 is 0 Å². The maximum absolute atomic E-state index is 10.3. The van der Waals surface area contributed by atoms with Crippen molar-refractivity contribution in [2.24, 2.45) is 5.41 Å². The average Bonchev–Trinajstić information content (AvgIpc) is 2.64. The molecule has 0 saturated heterocycles. The topological polar surface area (TPSA) is 47.3 Å². The van der Waals surface area contributed by atoms with Gasteiger partial charge in [-0.15, -0.1) is 0 Å². The monoisotopic (exact) mass is 238 g/mol. The Kier molecular flexibility index (Phi) is 4.97. The van der Waals surface area contributed by atoms with Gasteiger partial charge in [-0.2, -0.15) is 5.26 Å². The molecule has 17 heavy (non-hydrogen) atoms. The lowest BCUT2D eigenvalue weighted by molar-refractivity contribution is 0.0158. The predicted octanol–water partition coefficient (Wildman–Crippen LogP) is 2.55. The van der Waals surface area contributed by atoms with E-state index in [1.165, 1.54) is 0 Å². The van der Waals surface area contributed by atoms with Crippen LogP contribution >= 0.6 is 0 Å². The second-order valence-electron chi connectivity index (χ2n) is 6.27. The van der Waals surface area contributed by atoms with E-state index < -0.39 is 5.60 Å². The SMILES string of the molecule is CN(CCCC(C)(C)C#N)CC1(O)CCCC1. The van der Waals surface area contributed by atoms with Crippen LogP contribution in [0.1, 0.15) is 52.4 Å². The van der Waals surface area contributed by atoms with Crippen molar-refractivity contribution in [3.05, 3.63) is 0 Å². The minimum Gasteiger partial charge on any atom is -0.389 e. The standard InChI is InChI=1S/C14H26N2O/c1-13(2,11-15)7-6-10-16(3)12-14(17)8-4-5-9-14/h17H,4-10,12H2,1-3H3. The van der Waals surface area contributed by atoms with Crippen molar-refractivity contribution in [2.45, 2.75) is 58.0 Å². The van der Waals surface area contributed by atoms with Crippen LogP contribution in [0.4, 0.5) is 0 Å². The fraction of sp³-hybridized carbons (Fsp3) is 0.929. The molecule has 0 aromatic heterocycles. The predicted molar refractivity (Wildman–Crippen MR) is 69.5 cm³/mol. The Balaban J connectivity index is 2.22. The highest BCUT2D eigenvalue weighted by molar-refractivity contribution is 4.91. The molecule has 0 radical (unpaired) electrons. The summed E-state index contributed by atoms with van der Waals surface area (Å²) in [5.41, 5.74) is -0.662. The van der Waals surface area contributed by atoms with Crippen molar-refractivity contribution in [1.82, 2.24) is 4.90 Å². The maximum Gasteiger partial charge on any atom is 0.0774 e. The zero-order chi connectivity index (χ0) is 12.9. The fourth-order valence-corrected chi connectivity index (χ4v) is 2.62. The lowest BCUT2D eigenvalue weighted by atomic mass is 9.90. The van der Waals surface area contributed by atoms with Gasteiger partial charge in [0.15, 0.2) is 0 Å².